The largest absolute Gasteiger partial charge is 0.395 e. The van der Waals surface area contributed by atoms with Crippen molar-refractivity contribution in [3.63, 3.8) is 0 Å². The summed E-state index contributed by atoms with van der Waals surface area (Å²) in [6.07, 6.45) is 6.19. The molecule has 0 aliphatic heterocycles. The third kappa shape index (κ3) is 4.65. The van der Waals surface area contributed by atoms with Crippen LogP contribution < -0.4 is 0 Å². The molecule has 1 heterocycles. The molecule has 0 radical (unpaired) electrons. The molecule has 0 atom stereocenters. The Balaban J connectivity index is 1.88. The van der Waals surface area contributed by atoms with Crippen molar-refractivity contribution in [1.82, 2.24) is 4.90 Å². The molecule has 0 spiro atoms. The Bertz CT molecular complexity index is 437. The molecule has 1 saturated carbocycles. The van der Waals surface area contributed by atoms with Crippen LogP contribution in [0, 0.1) is 17.8 Å². The summed E-state index contributed by atoms with van der Waals surface area (Å²) in [7, 11) is 2.21. The fourth-order valence-corrected chi connectivity index (χ4v) is 3.64. The van der Waals surface area contributed by atoms with E-state index in [4.69, 9.17) is 5.11 Å². The smallest absolute Gasteiger partial charge is 0.0540 e. The average Bonchev–Trinajstić information content (AvgIpc) is 3.02. The zero-order valence-electron chi connectivity index (χ0n) is 11.7. The molecule has 1 N–H and O–H groups in total. The zero-order chi connectivity index (χ0) is 13.5. The first kappa shape index (κ1) is 14.6. The highest BCUT2D eigenvalue weighted by Gasteiger charge is 2.17. The number of rotatable bonds is 5. The molecule has 1 fully saturated rings. The van der Waals surface area contributed by atoms with Gasteiger partial charge in [-0.3, -0.25) is 0 Å². The molecule has 3 heteroatoms. The maximum atomic E-state index is 8.76. The van der Waals surface area contributed by atoms with Gasteiger partial charge in [0.1, 0.15) is 0 Å². The van der Waals surface area contributed by atoms with E-state index in [0.717, 1.165) is 18.0 Å². The summed E-state index contributed by atoms with van der Waals surface area (Å²) in [6.45, 7) is 2.35. The number of hydrogen-bond acceptors (Lipinski definition) is 3. The molecule has 2 rings (SSSR count). The summed E-state index contributed by atoms with van der Waals surface area (Å²) in [5.74, 6) is 7.08. The summed E-state index contributed by atoms with van der Waals surface area (Å²) in [5, 5.41) is 10.9. The van der Waals surface area contributed by atoms with Crippen molar-refractivity contribution in [2.24, 2.45) is 5.92 Å². The summed E-state index contributed by atoms with van der Waals surface area (Å²) in [6, 6.07) is 2.09. The van der Waals surface area contributed by atoms with E-state index in [9.17, 15) is 0 Å². The molecule has 1 aromatic rings. The first-order chi connectivity index (χ1) is 9.29. The highest BCUT2D eigenvalue weighted by atomic mass is 32.1. The van der Waals surface area contributed by atoms with Crippen molar-refractivity contribution >= 4 is 11.3 Å². The van der Waals surface area contributed by atoms with Gasteiger partial charge in [0.05, 0.1) is 6.61 Å². The molecule has 1 aliphatic rings. The second-order valence-electron chi connectivity index (χ2n) is 5.38. The minimum Gasteiger partial charge on any atom is -0.395 e. The van der Waals surface area contributed by atoms with Crippen LogP contribution in [0.2, 0.25) is 0 Å². The number of thiophene rings is 1. The topological polar surface area (TPSA) is 23.5 Å². The van der Waals surface area contributed by atoms with Crippen molar-refractivity contribution in [2.75, 3.05) is 20.2 Å². The van der Waals surface area contributed by atoms with Crippen molar-refractivity contribution in [2.45, 2.75) is 38.6 Å². The minimum absolute atomic E-state index is 0.147. The molecule has 0 bridgehead atoms. The van der Waals surface area contributed by atoms with E-state index >= 15 is 0 Å². The first-order valence-corrected chi connectivity index (χ1v) is 8.02. The molecule has 19 heavy (non-hydrogen) atoms. The van der Waals surface area contributed by atoms with E-state index in [2.05, 4.69) is 35.2 Å². The van der Waals surface area contributed by atoms with Gasteiger partial charge in [-0.2, -0.15) is 0 Å². The SMILES string of the molecule is CN(Cc1sccc1C#CCCO)CC1CCCC1. The van der Waals surface area contributed by atoms with Gasteiger partial charge in [0.2, 0.25) is 0 Å². The highest BCUT2D eigenvalue weighted by Crippen LogP contribution is 2.26. The van der Waals surface area contributed by atoms with Gasteiger partial charge in [0.25, 0.3) is 0 Å². The second kappa shape index (κ2) is 7.69. The lowest BCUT2D eigenvalue weighted by molar-refractivity contribution is 0.273. The molecule has 104 valence electrons. The lowest BCUT2D eigenvalue weighted by Crippen LogP contribution is -2.23. The summed E-state index contributed by atoms with van der Waals surface area (Å²) in [4.78, 5) is 3.78. The third-order valence-electron chi connectivity index (χ3n) is 3.66. The van der Waals surface area contributed by atoms with Crippen LogP contribution in [-0.4, -0.2) is 30.2 Å². The first-order valence-electron chi connectivity index (χ1n) is 7.14. The number of nitrogens with zero attached hydrogens (tertiary/aromatic N) is 1. The maximum Gasteiger partial charge on any atom is 0.0540 e. The predicted molar refractivity (Wildman–Crippen MR) is 81.2 cm³/mol. The quantitative estimate of drug-likeness (QED) is 0.836. The van der Waals surface area contributed by atoms with Crippen LogP contribution in [0.4, 0.5) is 0 Å². The fourth-order valence-electron chi connectivity index (χ4n) is 2.73. The van der Waals surface area contributed by atoms with Crippen molar-refractivity contribution in [1.29, 1.82) is 0 Å². The molecule has 1 aliphatic carbocycles. The predicted octanol–water partition coefficient (Wildman–Crippen LogP) is 3.10. The minimum atomic E-state index is 0.147. The lowest BCUT2D eigenvalue weighted by Gasteiger charge is -2.20. The van der Waals surface area contributed by atoms with Crippen LogP contribution in [0.25, 0.3) is 0 Å². The number of aliphatic hydroxyl groups is 1. The zero-order valence-corrected chi connectivity index (χ0v) is 12.5. The molecule has 0 saturated heterocycles. The van der Waals surface area contributed by atoms with E-state index in [1.165, 1.54) is 37.1 Å². The Morgan fingerprint density at radius 1 is 1.42 bits per heavy atom. The Morgan fingerprint density at radius 3 is 2.95 bits per heavy atom. The van der Waals surface area contributed by atoms with Gasteiger partial charge >= 0.3 is 0 Å². The summed E-state index contributed by atoms with van der Waals surface area (Å²) in [5.41, 5.74) is 1.14. The molecule has 0 amide bonds. The van der Waals surface area contributed by atoms with Crippen molar-refractivity contribution in [3.8, 4) is 11.8 Å². The van der Waals surface area contributed by atoms with Crippen LogP contribution in [0.5, 0.6) is 0 Å². The van der Waals surface area contributed by atoms with Gasteiger partial charge < -0.3 is 10.0 Å². The molecule has 0 unspecified atom stereocenters. The van der Waals surface area contributed by atoms with E-state index < -0.39 is 0 Å². The van der Waals surface area contributed by atoms with Crippen LogP contribution in [0.15, 0.2) is 11.4 Å². The second-order valence-corrected chi connectivity index (χ2v) is 6.38. The third-order valence-corrected chi connectivity index (χ3v) is 4.57. The van der Waals surface area contributed by atoms with Gasteiger partial charge in [0.15, 0.2) is 0 Å². The fraction of sp³-hybridized carbons (Fsp3) is 0.625. The van der Waals surface area contributed by atoms with Crippen molar-refractivity contribution < 1.29 is 5.11 Å². The molecule has 2 nitrogen and oxygen atoms in total. The maximum absolute atomic E-state index is 8.76. The summed E-state index contributed by atoms with van der Waals surface area (Å²) >= 11 is 1.79. The van der Waals surface area contributed by atoms with Crippen molar-refractivity contribution in [3.05, 3.63) is 21.9 Å². The Kier molecular flexibility index (Phi) is 5.91. The van der Waals surface area contributed by atoms with Crippen LogP contribution >= 0.6 is 11.3 Å². The van der Waals surface area contributed by atoms with Gasteiger partial charge in [-0.05, 0) is 37.3 Å². The number of aliphatic hydroxyl groups excluding tert-OH is 1. The van der Waals surface area contributed by atoms with Gasteiger partial charge in [-0.1, -0.05) is 24.7 Å². The molecule has 0 aromatic carbocycles. The average molecular weight is 277 g/mol. The van der Waals surface area contributed by atoms with Gasteiger partial charge in [-0.25, -0.2) is 0 Å². The van der Waals surface area contributed by atoms with E-state index in [1.807, 2.05) is 0 Å². The Labute approximate surface area is 120 Å². The Hall–Kier alpha value is -0.820. The van der Waals surface area contributed by atoms with E-state index in [0.29, 0.717) is 6.42 Å². The molecular formula is C16H23NOS. The molecular weight excluding hydrogens is 254 g/mol. The van der Waals surface area contributed by atoms with Gasteiger partial charge in [0, 0.05) is 30.0 Å². The standard InChI is InChI=1S/C16H23NOS/c1-17(12-14-6-2-3-7-14)13-16-15(9-11-19-16)8-4-5-10-18/h9,11,14,18H,2-3,5-7,10,12-13H2,1H3. The van der Waals surface area contributed by atoms with E-state index in [-0.39, 0.29) is 6.61 Å². The van der Waals surface area contributed by atoms with Crippen LogP contribution in [0.3, 0.4) is 0 Å². The van der Waals surface area contributed by atoms with Crippen LogP contribution in [-0.2, 0) is 6.54 Å². The monoisotopic (exact) mass is 277 g/mol. The summed E-state index contributed by atoms with van der Waals surface area (Å²) < 4.78 is 0. The lowest BCUT2D eigenvalue weighted by atomic mass is 10.1. The van der Waals surface area contributed by atoms with Crippen LogP contribution in [0.1, 0.15) is 42.5 Å². The Morgan fingerprint density at radius 2 is 2.21 bits per heavy atom. The highest BCUT2D eigenvalue weighted by molar-refractivity contribution is 7.10. The number of hydrogen-bond donors (Lipinski definition) is 1. The normalized spacial score (nSPS) is 15.7. The van der Waals surface area contributed by atoms with Gasteiger partial charge in [-0.15, -0.1) is 11.3 Å². The molecule has 1 aromatic heterocycles. The van der Waals surface area contributed by atoms with E-state index in [1.54, 1.807) is 11.3 Å².